The summed E-state index contributed by atoms with van der Waals surface area (Å²) in [5.74, 6) is 0. The molecule has 0 saturated carbocycles. The summed E-state index contributed by atoms with van der Waals surface area (Å²) < 4.78 is 38.5. The van der Waals surface area contributed by atoms with Crippen molar-refractivity contribution in [2.24, 2.45) is 0 Å². The number of piperazine rings is 1. The molecule has 0 unspecified atom stereocenters. The third-order valence-corrected chi connectivity index (χ3v) is 4.08. The van der Waals surface area contributed by atoms with Gasteiger partial charge in [0.15, 0.2) is 0 Å². The zero-order valence-electron chi connectivity index (χ0n) is 11.1. The average molecular weight is 364 g/mol. The topological polar surface area (TPSA) is 15.3 Å². The van der Waals surface area contributed by atoms with Crippen LogP contribution in [0.15, 0.2) is 18.2 Å². The van der Waals surface area contributed by atoms with E-state index in [9.17, 15) is 13.2 Å². The molecule has 21 heavy (non-hydrogen) atoms. The first kappa shape index (κ1) is 18.8. The van der Waals surface area contributed by atoms with Gasteiger partial charge in [0, 0.05) is 32.2 Å². The van der Waals surface area contributed by atoms with Crippen molar-refractivity contribution >= 4 is 35.6 Å². The predicted octanol–water partition coefficient (Wildman–Crippen LogP) is 4.31. The maximum absolute atomic E-state index is 12.8. The van der Waals surface area contributed by atoms with E-state index in [-0.39, 0.29) is 17.4 Å². The van der Waals surface area contributed by atoms with Crippen molar-refractivity contribution < 1.29 is 13.2 Å². The van der Waals surface area contributed by atoms with E-state index in [4.69, 9.17) is 23.2 Å². The fraction of sp³-hybridized carbons (Fsp3) is 0.538. The summed E-state index contributed by atoms with van der Waals surface area (Å²) in [6.07, 6.45) is -5.10. The zero-order chi connectivity index (χ0) is 14.8. The van der Waals surface area contributed by atoms with Crippen molar-refractivity contribution in [3.8, 4) is 0 Å². The lowest BCUT2D eigenvalue weighted by atomic mass is 10.0. The lowest BCUT2D eigenvalue weighted by Crippen LogP contribution is -2.46. The van der Waals surface area contributed by atoms with E-state index in [0.29, 0.717) is 36.8 Å². The second-order valence-corrected chi connectivity index (χ2v) is 5.61. The van der Waals surface area contributed by atoms with E-state index in [0.717, 1.165) is 0 Å². The molecule has 2 nitrogen and oxygen atoms in total. The van der Waals surface area contributed by atoms with Crippen molar-refractivity contribution in [3.63, 3.8) is 0 Å². The Morgan fingerprint density at radius 1 is 1.14 bits per heavy atom. The molecule has 1 aliphatic heterocycles. The van der Waals surface area contributed by atoms with E-state index in [2.05, 4.69) is 5.32 Å². The molecule has 0 amide bonds. The van der Waals surface area contributed by atoms with Crippen molar-refractivity contribution in [2.75, 3.05) is 26.2 Å². The van der Waals surface area contributed by atoms with E-state index in [1.54, 1.807) is 12.1 Å². The predicted molar refractivity (Wildman–Crippen MR) is 81.6 cm³/mol. The second-order valence-electron chi connectivity index (χ2n) is 4.79. The molecule has 1 heterocycles. The molecule has 1 saturated heterocycles. The Morgan fingerprint density at radius 2 is 1.76 bits per heavy atom. The average Bonchev–Trinajstić information content (AvgIpc) is 2.39. The number of nitrogens with zero attached hydrogens (tertiary/aromatic N) is 1. The number of hydrogen-bond donors (Lipinski definition) is 1. The highest BCUT2D eigenvalue weighted by molar-refractivity contribution is 6.42. The summed E-state index contributed by atoms with van der Waals surface area (Å²) in [6.45, 7) is 2.55. The van der Waals surface area contributed by atoms with Crippen LogP contribution in [-0.4, -0.2) is 37.3 Å². The van der Waals surface area contributed by atoms with Crippen LogP contribution in [0.2, 0.25) is 10.0 Å². The van der Waals surface area contributed by atoms with Crippen LogP contribution in [0.1, 0.15) is 18.0 Å². The third kappa shape index (κ3) is 5.49. The van der Waals surface area contributed by atoms with Gasteiger partial charge in [-0.1, -0.05) is 29.3 Å². The van der Waals surface area contributed by atoms with Gasteiger partial charge in [-0.05, 0) is 17.7 Å². The van der Waals surface area contributed by atoms with E-state index >= 15 is 0 Å². The van der Waals surface area contributed by atoms with Crippen LogP contribution in [-0.2, 0) is 0 Å². The van der Waals surface area contributed by atoms with Gasteiger partial charge in [-0.2, -0.15) is 13.2 Å². The molecule has 8 heteroatoms. The minimum Gasteiger partial charge on any atom is -0.314 e. The van der Waals surface area contributed by atoms with E-state index in [1.165, 1.54) is 6.07 Å². The maximum atomic E-state index is 12.8. The Balaban J connectivity index is 0.00000220. The molecule has 0 spiro atoms. The van der Waals surface area contributed by atoms with E-state index < -0.39 is 18.6 Å². The molecular weight excluding hydrogens is 348 g/mol. The first-order valence-electron chi connectivity index (χ1n) is 6.33. The Bertz CT molecular complexity index is 462. The van der Waals surface area contributed by atoms with Crippen LogP contribution in [0, 0.1) is 0 Å². The minimum atomic E-state index is -4.22. The summed E-state index contributed by atoms with van der Waals surface area (Å²) in [7, 11) is 0. The van der Waals surface area contributed by atoms with Crippen LogP contribution < -0.4 is 5.32 Å². The van der Waals surface area contributed by atoms with Crippen molar-refractivity contribution in [1.82, 2.24) is 10.2 Å². The van der Waals surface area contributed by atoms with Crippen molar-refractivity contribution in [3.05, 3.63) is 33.8 Å². The lowest BCUT2D eigenvalue weighted by molar-refractivity contribution is -0.148. The van der Waals surface area contributed by atoms with Crippen LogP contribution in [0.4, 0.5) is 13.2 Å². The Kier molecular flexibility index (Phi) is 7.07. The SMILES string of the molecule is Cl.FC(F)(F)C[C@H](c1ccc(Cl)c(Cl)c1)N1CCNCC1. The highest BCUT2D eigenvalue weighted by Gasteiger charge is 2.36. The van der Waals surface area contributed by atoms with E-state index in [1.807, 2.05) is 4.90 Å². The molecule has 0 bridgehead atoms. The lowest BCUT2D eigenvalue weighted by Gasteiger charge is -2.35. The molecule has 0 aliphatic carbocycles. The van der Waals surface area contributed by atoms with Crippen LogP contribution >= 0.6 is 35.6 Å². The van der Waals surface area contributed by atoms with Gasteiger partial charge in [-0.15, -0.1) is 12.4 Å². The molecular formula is C13H16Cl3F3N2. The maximum Gasteiger partial charge on any atom is 0.390 e. The molecule has 1 aromatic rings. The molecule has 1 fully saturated rings. The Morgan fingerprint density at radius 3 is 2.29 bits per heavy atom. The van der Waals surface area contributed by atoms with Gasteiger partial charge in [0.05, 0.1) is 16.5 Å². The standard InChI is InChI=1S/C13H15Cl2F3N2.ClH/c14-10-2-1-9(7-11(10)15)12(8-13(16,17)18)20-5-3-19-4-6-20;/h1-2,7,12,19H,3-6,8H2;1H/t12-;/m1./s1. The quantitative estimate of drug-likeness (QED) is 0.860. The summed E-state index contributed by atoms with van der Waals surface area (Å²) in [4.78, 5) is 1.84. The molecule has 1 aliphatic rings. The summed E-state index contributed by atoms with van der Waals surface area (Å²) in [6, 6.07) is 3.98. The molecule has 1 N–H and O–H groups in total. The van der Waals surface area contributed by atoms with Gasteiger partial charge in [-0.3, -0.25) is 4.90 Å². The molecule has 2 rings (SSSR count). The van der Waals surface area contributed by atoms with Crippen LogP contribution in [0.5, 0.6) is 0 Å². The first-order valence-corrected chi connectivity index (χ1v) is 7.09. The molecule has 1 aromatic carbocycles. The third-order valence-electron chi connectivity index (χ3n) is 3.35. The number of alkyl halides is 3. The largest absolute Gasteiger partial charge is 0.390 e. The molecule has 1 atom stereocenters. The fourth-order valence-corrected chi connectivity index (χ4v) is 2.70. The summed E-state index contributed by atoms with van der Waals surface area (Å²) in [5.41, 5.74) is 0.554. The summed E-state index contributed by atoms with van der Waals surface area (Å²) in [5, 5.41) is 3.77. The monoisotopic (exact) mass is 362 g/mol. The van der Waals surface area contributed by atoms with Crippen molar-refractivity contribution in [1.29, 1.82) is 0 Å². The van der Waals surface area contributed by atoms with Gasteiger partial charge < -0.3 is 5.32 Å². The minimum absolute atomic E-state index is 0. The van der Waals surface area contributed by atoms with Gasteiger partial charge in [0.2, 0.25) is 0 Å². The smallest absolute Gasteiger partial charge is 0.314 e. The van der Waals surface area contributed by atoms with Gasteiger partial charge in [0.1, 0.15) is 0 Å². The fourth-order valence-electron chi connectivity index (χ4n) is 2.39. The second kappa shape index (κ2) is 7.88. The van der Waals surface area contributed by atoms with Gasteiger partial charge in [0.25, 0.3) is 0 Å². The molecule has 0 radical (unpaired) electrons. The van der Waals surface area contributed by atoms with Gasteiger partial charge in [-0.25, -0.2) is 0 Å². The zero-order valence-corrected chi connectivity index (χ0v) is 13.4. The highest BCUT2D eigenvalue weighted by Crippen LogP contribution is 2.36. The number of rotatable bonds is 3. The Hall–Kier alpha value is -0.200. The number of benzene rings is 1. The number of halogens is 6. The molecule has 0 aromatic heterocycles. The van der Waals surface area contributed by atoms with Crippen LogP contribution in [0.3, 0.4) is 0 Å². The van der Waals surface area contributed by atoms with Crippen LogP contribution in [0.25, 0.3) is 0 Å². The normalized spacial score (nSPS) is 18.1. The number of hydrogen-bond acceptors (Lipinski definition) is 2. The van der Waals surface area contributed by atoms with Gasteiger partial charge >= 0.3 is 6.18 Å². The Labute approximate surface area is 138 Å². The number of nitrogens with one attached hydrogen (secondary N) is 1. The first-order chi connectivity index (χ1) is 9.37. The molecule has 120 valence electrons. The van der Waals surface area contributed by atoms with Crippen molar-refractivity contribution in [2.45, 2.75) is 18.6 Å². The summed E-state index contributed by atoms with van der Waals surface area (Å²) >= 11 is 11.8. The highest BCUT2D eigenvalue weighted by atomic mass is 35.5.